The van der Waals surface area contributed by atoms with Crippen LogP contribution in [0, 0.1) is 0 Å². The molecule has 2 saturated heterocycles. The van der Waals surface area contributed by atoms with Crippen LogP contribution >= 0.6 is 0 Å². The first kappa shape index (κ1) is 12.1. The third-order valence-corrected chi connectivity index (χ3v) is 3.81. The zero-order chi connectivity index (χ0) is 12.3. The van der Waals surface area contributed by atoms with Gasteiger partial charge in [0.2, 0.25) is 0 Å². The lowest BCUT2D eigenvalue weighted by atomic mass is 9.90. The van der Waals surface area contributed by atoms with E-state index in [4.69, 9.17) is 9.47 Å². The summed E-state index contributed by atoms with van der Waals surface area (Å²) in [6, 6.07) is 0.531. The van der Waals surface area contributed by atoms with Crippen LogP contribution in [0.15, 0.2) is 12.4 Å². The molecule has 2 aliphatic heterocycles. The van der Waals surface area contributed by atoms with Gasteiger partial charge >= 0.3 is 0 Å². The van der Waals surface area contributed by atoms with Crippen LogP contribution in [-0.4, -0.2) is 53.0 Å². The van der Waals surface area contributed by atoms with Gasteiger partial charge in [0.05, 0.1) is 24.9 Å². The van der Waals surface area contributed by atoms with Crippen LogP contribution in [-0.2, 0) is 16.0 Å². The van der Waals surface area contributed by atoms with Crippen LogP contribution in [0.25, 0.3) is 0 Å². The van der Waals surface area contributed by atoms with Gasteiger partial charge in [-0.15, -0.1) is 5.10 Å². The molecule has 6 heteroatoms. The molecule has 1 aromatic heterocycles. The van der Waals surface area contributed by atoms with E-state index in [9.17, 15) is 0 Å². The quantitative estimate of drug-likeness (QED) is 0.830. The minimum atomic E-state index is -0.0107. The van der Waals surface area contributed by atoms with E-state index in [1.54, 1.807) is 6.20 Å². The lowest BCUT2D eigenvalue weighted by molar-refractivity contribution is -0.0892. The number of ether oxygens (including phenoxy) is 2. The van der Waals surface area contributed by atoms with Gasteiger partial charge in [0, 0.05) is 38.4 Å². The highest BCUT2D eigenvalue weighted by Gasteiger charge is 2.40. The first-order chi connectivity index (χ1) is 8.86. The van der Waals surface area contributed by atoms with E-state index in [-0.39, 0.29) is 5.60 Å². The second kappa shape index (κ2) is 5.34. The highest BCUT2D eigenvalue weighted by atomic mass is 16.6. The lowest BCUT2D eigenvalue weighted by Crippen LogP contribution is -2.48. The van der Waals surface area contributed by atoms with E-state index in [1.807, 2.05) is 10.9 Å². The molecule has 0 radical (unpaired) electrons. The first-order valence-electron chi connectivity index (χ1n) is 6.66. The molecule has 2 unspecified atom stereocenters. The Labute approximate surface area is 107 Å². The number of nitrogens with zero attached hydrogens (tertiary/aromatic N) is 3. The van der Waals surface area contributed by atoms with E-state index in [0.29, 0.717) is 6.04 Å². The molecule has 18 heavy (non-hydrogen) atoms. The van der Waals surface area contributed by atoms with Crippen LogP contribution in [0.5, 0.6) is 0 Å². The molecule has 0 aromatic carbocycles. The predicted octanol–water partition coefficient (Wildman–Crippen LogP) is 0.206. The van der Waals surface area contributed by atoms with Gasteiger partial charge in [-0.1, -0.05) is 5.21 Å². The summed E-state index contributed by atoms with van der Waals surface area (Å²) < 4.78 is 13.2. The molecule has 0 bridgehead atoms. The van der Waals surface area contributed by atoms with Crippen LogP contribution in [0.1, 0.15) is 19.3 Å². The van der Waals surface area contributed by atoms with Crippen LogP contribution in [0.4, 0.5) is 0 Å². The summed E-state index contributed by atoms with van der Waals surface area (Å²) >= 11 is 0. The zero-order valence-electron chi connectivity index (χ0n) is 10.5. The fourth-order valence-electron chi connectivity index (χ4n) is 2.80. The van der Waals surface area contributed by atoms with Gasteiger partial charge in [-0.25, -0.2) is 0 Å². The number of hydrogen-bond donors (Lipinski definition) is 1. The minimum Gasteiger partial charge on any atom is -0.378 e. The molecule has 0 saturated carbocycles. The van der Waals surface area contributed by atoms with Crippen LogP contribution in [0.2, 0.25) is 0 Å². The van der Waals surface area contributed by atoms with Crippen LogP contribution < -0.4 is 5.32 Å². The molecule has 2 fully saturated rings. The van der Waals surface area contributed by atoms with E-state index in [0.717, 1.165) is 52.2 Å². The van der Waals surface area contributed by atoms with Gasteiger partial charge < -0.3 is 14.8 Å². The third-order valence-electron chi connectivity index (χ3n) is 3.81. The van der Waals surface area contributed by atoms with E-state index in [2.05, 4.69) is 15.6 Å². The smallest absolute Gasteiger partial charge is 0.0951 e. The van der Waals surface area contributed by atoms with Crippen molar-refractivity contribution in [2.24, 2.45) is 0 Å². The molecule has 0 aliphatic carbocycles. The molecule has 3 rings (SSSR count). The summed E-state index contributed by atoms with van der Waals surface area (Å²) in [6.45, 7) is 4.22. The number of nitrogens with one attached hydrogen (secondary N) is 1. The Hall–Kier alpha value is -0.980. The van der Waals surface area contributed by atoms with Crippen molar-refractivity contribution in [2.75, 3.05) is 26.4 Å². The maximum atomic E-state index is 5.92. The van der Waals surface area contributed by atoms with E-state index < -0.39 is 0 Å². The molecule has 1 spiro atoms. The van der Waals surface area contributed by atoms with Crippen molar-refractivity contribution < 1.29 is 9.47 Å². The molecule has 2 atom stereocenters. The average molecular weight is 252 g/mol. The van der Waals surface area contributed by atoms with Crippen molar-refractivity contribution in [3.05, 3.63) is 12.4 Å². The zero-order valence-corrected chi connectivity index (χ0v) is 10.5. The summed E-state index contributed by atoms with van der Waals surface area (Å²) in [6.07, 6.45) is 6.77. The fraction of sp³-hybridized carbons (Fsp3) is 0.833. The topological polar surface area (TPSA) is 61.2 Å². The van der Waals surface area contributed by atoms with Gasteiger partial charge in [0.15, 0.2) is 0 Å². The summed E-state index contributed by atoms with van der Waals surface area (Å²) in [5, 5.41) is 11.3. The summed E-state index contributed by atoms with van der Waals surface area (Å²) in [4.78, 5) is 0. The summed E-state index contributed by atoms with van der Waals surface area (Å²) in [5.41, 5.74) is -0.0107. The number of aromatic nitrogens is 3. The number of hydrogen-bond acceptors (Lipinski definition) is 5. The van der Waals surface area contributed by atoms with Crippen molar-refractivity contribution in [3.8, 4) is 0 Å². The molecular weight excluding hydrogens is 232 g/mol. The molecule has 0 amide bonds. The van der Waals surface area contributed by atoms with Crippen LogP contribution in [0.3, 0.4) is 0 Å². The second-order valence-corrected chi connectivity index (χ2v) is 5.14. The van der Waals surface area contributed by atoms with Gasteiger partial charge in [-0.3, -0.25) is 4.68 Å². The Kier molecular flexibility index (Phi) is 3.58. The largest absolute Gasteiger partial charge is 0.378 e. The SMILES string of the molecule is c1cn(CCNC2CCOC3(CCOC3)C2)nn1. The second-order valence-electron chi connectivity index (χ2n) is 5.14. The van der Waals surface area contributed by atoms with Gasteiger partial charge in [-0.2, -0.15) is 0 Å². The van der Waals surface area contributed by atoms with Crippen molar-refractivity contribution in [2.45, 2.75) is 37.5 Å². The molecular formula is C12H20N4O2. The van der Waals surface area contributed by atoms with Gasteiger partial charge in [0.25, 0.3) is 0 Å². The normalized spacial score (nSPS) is 32.1. The maximum absolute atomic E-state index is 5.92. The highest BCUT2D eigenvalue weighted by molar-refractivity contribution is 4.92. The Morgan fingerprint density at radius 3 is 3.22 bits per heavy atom. The number of rotatable bonds is 4. The van der Waals surface area contributed by atoms with E-state index >= 15 is 0 Å². The molecule has 100 valence electrons. The molecule has 1 N–H and O–H groups in total. The molecule has 2 aliphatic rings. The van der Waals surface area contributed by atoms with Crippen molar-refractivity contribution in [1.82, 2.24) is 20.3 Å². The first-order valence-corrected chi connectivity index (χ1v) is 6.66. The third kappa shape index (κ3) is 2.71. The minimum absolute atomic E-state index is 0.0107. The summed E-state index contributed by atoms with van der Waals surface area (Å²) in [7, 11) is 0. The van der Waals surface area contributed by atoms with Gasteiger partial charge in [-0.05, 0) is 12.8 Å². The predicted molar refractivity (Wildman–Crippen MR) is 65.2 cm³/mol. The fourth-order valence-corrected chi connectivity index (χ4v) is 2.80. The monoisotopic (exact) mass is 252 g/mol. The highest BCUT2D eigenvalue weighted by Crippen LogP contribution is 2.32. The Morgan fingerprint density at radius 1 is 1.44 bits per heavy atom. The van der Waals surface area contributed by atoms with Gasteiger partial charge in [0.1, 0.15) is 0 Å². The lowest BCUT2D eigenvalue weighted by Gasteiger charge is -2.37. The summed E-state index contributed by atoms with van der Waals surface area (Å²) in [5.74, 6) is 0. The molecule has 6 nitrogen and oxygen atoms in total. The Balaban J connectivity index is 1.45. The molecule has 1 aromatic rings. The Morgan fingerprint density at radius 2 is 2.44 bits per heavy atom. The van der Waals surface area contributed by atoms with Crippen molar-refractivity contribution in [3.63, 3.8) is 0 Å². The standard InChI is InChI=1S/C12H20N4O2/c1-7-18-12(2-8-17-10-12)9-11(1)13-3-5-16-6-4-14-15-16/h4,6,11,13H,1-3,5,7-10H2. The van der Waals surface area contributed by atoms with Crippen molar-refractivity contribution >= 4 is 0 Å². The average Bonchev–Trinajstić information content (AvgIpc) is 3.02. The maximum Gasteiger partial charge on any atom is 0.0951 e. The molecule has 3 heterocycles. The van der Waals surface area contributed by atoms with E-state index in [1.165, 1.54) is 0 Å². The van der Waals surface area contributed by atoms with Crippen molar-refractivity contribution in [1.29, 1.82) is 0 Å². The Bertz CT molecular complexity index is 362.